The van der Waals surface area contributed by atoms with Gasteiger partial charge in [0.15, 0.2) is 0 Å². The highest BCUT2D eigenvalue weighted by Crippen LogP contribution is 2.08. The lowest BCUT2D eigenvalue weighted by atomic mass is 10.0. The molecule has 34 heavy (non-hydrogen) atoms. The lowest BCUT2D eigenvalue weighted by Gasteiger charge is -2.26. The molecule has 0 aromatic rings. The number of hydrogen-bond donors (Lipinski definition) is 7. The van der Waals surface area contributed by atoms with Gasteiger partial charge >= 0.3 is 5.97 Å². The maximum atomic E-state index is 12.9. The van der Waals surface area contributed by atoms with Gasteiger partial charge in [-0.1, -0.05) is 27.7 Å². The molecule has 13 nitrogen and oxygen atoms in total. The molecular weight excluding hydrogens is 448 g/mol. The quantitative estimate of drug-likeness (QED) is 0.129. The van der Waals surface area contributed by atoms with E-state index in [9.17, 15) is 33.9 Å². The zero-order valence-corrected chi connectivity index (χ0v) is 20.1. The van der Waals surface area contributed by atoms with Gasteiger partial charge in [0.05, 0.1) is 12.5 Å². The third-order valence-electron chi connectivity index (χ3n) is 4.73. The van der Waals surface area contributed by atoms with Crippen molar-refractivity contribution in [2.24, 2.45) is 29.0 Å². The van der Waals surface area contributed by atoms with Crippen molar-refractivity contribution < 1.29 is 33.9 Å². The topological polar surface area (TPSA) is 237 Å². The molecule has 13 heteroatoms. The molecule has 5 amide bonds. The molecule has 10 N–H and O–H groups in total. The molecule has 0 radical (unpaired) electrons. The number of nitrogens with one attached hydrogen (secondary N) is 3. The van der Waals surface area contributed by atoms with Crippen LogP contribution >= 0.6 is 0 Å². The van der Waals surface area contributed by atoms with Crippen LogP contribution in [0.25, 0.3) is 0 Å². The van der Waals surface area contributed by atoms with Crippen LogP contribution in [0.4, 0.5) is 0 Å². The van der Waals surface area contributed by atoms with Crippen LogP contribution < -0.4 is 33.2 Å². The van der Waals surface area contributed by atoms with Crippen molar-refractivity contribution in [1.82, 2.24) is 16.0 Å². The van der Waals surface area contributed by atoms with Gasteiger partial charge in [-0.3, -0.25) is 24.0 Å². The summed E-state index contributed by atoms with van der Waals surface area (Å²) in [6.45, 7) is 7.29. The number of carbonyl (C=O) groups is 6. The molecule has 0 rings (SSSR count). The molecule has 0 aromatic carbocycles. The van der Waals surface area contributed by atoms with E-state index in [-0.39, 0.29) is 31.1 Å². The van der Waals surface area contributed by atoms with E-state index in [0.29, 0.717) is 6.42 Å². The summed E-state index contributed by atoms with van der Waals surface area (Å²) < 4.78 is 0. The van der Waals surface area contributed by atoms with E-state index >= 15 is 0 Å². The van der Waals surface area contributed by atoms with E-state index in [1.165, 1.54) is 0 Å². The molecule has 0 aromatic heterocycles. The average Bonchev–Trinajstić information content (AvgIpc) is 2.68. The predicted molar refractivity (Wildman–Crippen MR) is 123 cm³/mol. The molecule has 0 saturated heterocycles. The number of nitrogens with two attached hydrogens (primary N) is 3. The number of carboxylic acids is 1. The van der Waals surface area contributed by atoms with E-state index in [2.05, 4.69) is 16.0 Å². The van der Waals surface area contributed by atoms with Gasteiger partial charge in [0.2, 0.25) is 29.5 Å². The number of carboxylic acid groups (broad SMARTS) is 1. The Morgan fingerprint density at radius 2 is 1.18 bits per heavy atom. The van der Waals surface area contributed by atoms with Crippen LogP contribution in [0.3, 0.4) is 0 Å². The van der Waals surface area contributed by atoms with Crippen molar-refractivity contribution in [3.05, 3.63) is 0 Å². The summed E-state index contributed by atoms with van der Waals surface area (Å²) in [5.41, 5.74) is 16.1. The highest BCUT2D eigenvalue weighted by Gasteiger charge is 2.31. The summed E-state index contributed by atoms with van der Waals surface area (Å²) in [5, 5.41) is 16.4. The largest absolute Gasteiger partial charge is 0.480 e. The van der Waals surface area contributed by atoms with Crippen LogP contribution in [0, 0.1) is 11.8 Å². The Balaban J connectivity index is 5.52. The Morgan fingerprint density at radius 3 is 1.62 bits per heavy atom. The van der Waals surface area contributed by atoms with E-state index in [1.54, 1.807) is 13.8 Å². The number of hydrogen-bond acceptors (Lipinski definition) is 7. The first-order valence-corrected chi connectivity index (χ1v) is 11.1. The molecule has 0 saturated carbocycles. The molecule has 0 spiro atoms. The lowest BCUT2D eigenvalue weighted by molar-refractivity contribution is -0.143. The minimum Gasteiger partial charge on any atom is -0.480 e. The Morgan fingerprint density at radius 1 is 0.706 bits per heavy atom. The van der Waals surface area contributed by atoms with Crippen LogP contribution in [-0.2, 0) is 28.8 Å². The highest BCUT2D eigenvalue weighted by molar-refractivity contribution is 5.96. The maximum Gasteiger partial charge on any atom is 0.326 e. The van der Waals surface area contributed by atoms with Crippen molar-refractivity contribution >= 4 is 35.5 Å². The summed E-state index contributed by atoms with van der Waals surface area (Å²) in [5.74, 6) is -5.25. The second-order valence-corrected chi connectivity index (χ2v) is 9.06. The van der Waals surface area contributed by atoms with Gasteiger partial charge < -0.3 is 38.3 Å². The number of rotatable bonds is 16. The van der Waals surface area contributed by atoms with E-state index < -0.39 is 66.1 Å². The second kappa shape index (κ2) is 14.8. The molecule has 0 aliphatic heterocycles. The Bertz CT molecular complexity index is 756. The molecular formula is C21H38N6O7. The first kappa shape index (κ1) is 30.8. The molecule has 0 bridgehead atoms. The summed E-state index contributed by atoms with van der Waals surface area (Å²) in [4.78, 5) is 71.9. The van der Waals surface area contributed by atoms with Gasteiger partial charge in [-0.05, 0) is 31.1 Å². The summed E-state index contributed by atoms with van der Waals surface area (Å²) in [6, 6.07) is -4.88. The molecule has 0 aliphatic carbocycles. The Hall–Kier alpha value is -3.22. The summed E-state index contributed by atoms with van der Waals surface area (Å²) in [6.07, 6.45) is -0.548. The van der Waals surface area contributed by atoms with Crippen molar-refractivity contribution in [3.8, 4) is 0 Å². The number of primary amides is 2. The van der Waals surface area contributed by atoms with Gasteiger partial charge in [0, 0.05) is 6.42 Å². The fourth-order valence-electron chi connectivity index (χ4n) is 3.10. The number of amides is 5. The van der Waals surface area contributed by atoms with Gasteiger partial charge in [-0.15, -0.1) is 0 Å². The fraction of sp³-hybridized carbons (Fsp3) is 0.714. The molecule has 0 heterocycles. The maximum absolute atomic E-state index is 12.9. The predicted octanol–water partition coefficient (Wildman–Crippen LogP) is -1.91. The van der Waals surface area contributed by atoms with E-state index in [4.69, 9.17) is 17.2 Å². The van der Waals surface area contributed by atoms with E-state index in [0.717, 1.165) is 0 Å². The Labute approximate surface area is 198 Å². The summed E-state index contributed by atoms with van der Waals surface area (Å²) in [7, 11) is 0. The second-order valence-electron chi connectivity index (χ2n) is 9.06. The third kappa shape index (κ3) is 12.7. The fourth-order valence-corrected chi connectivity index (χ4v) is 3.10. The van der Waals surface area contributed by atoms with Crippen LogP contribution in [0.5, 0.6) is 0 Å². The molecule has 194 valence electrons. The smallest absolute Gasteiger partial charge is 0.326 e. The number of aliphatic carboxylic acids is 1. The highest BCUT2D eigenvalue weighted by atomic mass is 16.4. The van der Waals surface area contributed by atoms with Crippen LogP contribution in [0.1, 0.15) is 59.8 Å². The molecule has 4 atom stereocenters. The van der Waals surface area contributed by atoms with Crippen molar-refractivity contribution in [3.63, 3.8) is 0 Å². The normalized spacial score (nSPS) is 14.6. The zero-order valence-electron chi connectivity index (χ0n) is 20.1. The first-order valence-electron chi connectivity index (χ1n) is 11.1. The monoisotopic (exact) mass is 486 g/mol. The number of carbonyl (C=O) groups excluding carboxylic acids is 5. The summed E-state index contributed by atoms with van der Waals surface area (Å²) >= 11 is 0. The minimum atomic E-state index is -1.40. The first-order chi connectivity index (χ1) is 15.6. The average molecular weight is 487 g/mol. The molecule has 0 aliphatic rings. The van der Waals surface area contributed by atoms with Gasteiger partial charge in [-0.2, -0.15) is 0 Å². The van der Waals surface area contributed by atoms with E-state index in [1.807, 2.05) is 13.8 Å². The van der Waals surface area contributed by atoms with Crippen LogP contribution in [0.2, 0.25) is 0 Å². The molecule has 0 fully saturated rings. The van der Waals surface area contributed by atoms with Gasteiger partial charge in [0.1, 0.15) is 18.1 Å². The zero-order chi connectivity index (χ0) is 26.6. The van der Waals surface area contributed by atoms with Crippen LogP contribution in [0.15, 0.2) is 0 Å². The van der Waals surface area contributed by atoms with Gasteiger partial charge in [-0.25, -0.2) is 4.79 Å². The van der Waals surface area contributed by atoms with Crippen LogP contribution in [-0.4, -0.2) is 64.8 Å². The third-order valence-corrected chi connectivity index (χ3v) is 4.73. The van der Waals surface area contributed by atoms with Crippen molar-refractivity contribution in [1.29, 1.82) is 0 Å². The molecule has 4 unspecified atom stereocenters. The standard InChI is InChI=1S/C21H38N6O7/c1-10(2)7-12(22)18(30)26-15(9-17(24)29)20(32)27-14(8-11(3)4)19(31)25-13(21(33)34)5-6-16(23)28/h10-15H,5-9,22H2,1-4H3,(H2,23,28)(H2,24,29)(H,25,31)(H,26,30)(H,27,32)(H,33,34). The van der Waals surface area contributed by atoms with Gasteiger partial charge in [0.25, 0.3) is 0 Å². The lowest BCUT2D eigenvalue weighted by Crippen LogP contribution is -2.58. The SMILES string of the molecule is CC(C)CC(N)C(=O)NC(CC(N)=O)C(=O)NC(CC(C)C)C(=O)NC(CCC(N)=O)C(=O)O. The van der Waals surface area contributed by atoms with Crippen molar-refractivity contribution in [2.75, 3.05) is 0 Å². The minimum absolute atomic E-state index is 0.0893. The van der Waals surface area contributed by atoms with Crippen molar-refractivity contribution in [2.45, 2.75) is 84.0 Å². The Kier molecular flexibility index (Phi) is 13.4.